The fourth-order valence-electron chi connectivity index (χ4n) is 4.10. The van der Waals surface area contributed by atoms with Crippen molar-refractivity contribution in [3.63, 3.8) is 0 Å². The SMILES string of the molecule is CCCCc1ccc(S(=O)(=O)N(C)c2ccc(Oc3ccc(NC(=O)c4ccc(Cl)cc4Cl)c(C(=O)O)c3)cc2)cc1. The van der Waals surface area contributed by atoms with Crippen LogP contribution in [0.3, 0.4) is 0 Å². The largest absolute Gasteiger partial charge is 0.478 e. The van der Waals surface area contributed by atoms with E-state index in [2.05, 4.69) is 12.2 Å². The first-order valence-corrected chi connectivity index (χ1v) is 15.2. The van der Waals surface area contributed by atoms with Gasteiger partial charge in [-0.3, -0.25) is 9.10 Å². The number of benzene rings is 4. The maximum Gasteiger partial charge on any atom is 0.337 e. The van der Waals surface area contributed by atoms with E-state index in [-0.39, 0.29) is 32.5 Å². The summed E-state index contributed by atoms with van der Waals surface area (Å²) < 4.78 is 33.3. The number of amides is 1. The van der Waals surface area contributed by atoms with Crippen molar-refractivity contribution in [2.75, 3.05) is 16.7 Å². The number of carboxylic acids is 1. The van der Waals surface area contributed by atoms with Crippen molar-refractivity contribution in [2.45, 2.75) is 31.1 Å². The predicted octanol–water partition coefficient (Wildman–Crippen LogP) is 7.90. The molecular weight excluding hydrogens is 599 g/mol. The molecule has 0 bridgehead atoms. The number of hydrogen-bond donors (Lipinski definition) is 2. The second-order valence-electron chi connectivity index (χ2n) is 9.41. The molecule has 1 amide bonds. The fraction of sp³-hybridized carbons (Fsp3) is 0.161. The number of aryl methyl sites for hydroxylation is 1. The van der Waals surface area contributed by atoms with Crippen molar-refractivity contribution in [2.24, 2.45) is 0 Å². The Balaban J connectivity index is 1.47. The molecule has 0 saturated carbocycles. The number of ether oxygens (including phenoxy) is 1. The molecule has 0 fully saturated rings. The zero-order chi connectivity index (χ0) is 30.4. The zero-order valence-electron chi connectivity index (χ0n) is 22.8. The van der Waals surface area contributed by atoms with Gasteiger partial charge >= 0.3 is 5.97 Å². The van der Waals surface area contributed by atoms with Crippen molar-refractivity contribution < 1.29 is 27.9 Å². The van der Waals surface area contributed by atoms with Crippen molar-refractivity contribution in [1.82, 2.24) is 0 Å². The first-order valence-electron chi connectivity index (χ1n) is 13.0. The molecule has 0 spiro atoms. The maximum absolute atomic E-state index is 13.2. The summed E-state index contributed by atoms with van der Waals surface area (Å²) in [6.45, 7) is 2.11. The Morgan fingerprint density at radius 3 is 2.17 bits per heavy atom. The van der Waals surface area contributed by atoms with Crippen LogP contribution >= 0.6 is 23.2 Å². The summed E-state index contributed by atoms with van der Waals surface area (Å²) >= 11 is 12.0. The van der Waals surface area contributed by atoms with E-state index in [9.17, 15) is 23.1 Å². The molecular formula is C31H28Cl2N2O6S. The van der Waals surface area contributed by atoms with Crippen LogP contribution in [0.2, 0.25) is 10.0 Å². The summed E-state index contributed by atoms with van der Waals surface area (Å²) in [5.41, 5.74) is 1.49. The first-order chi connectivity index (χ1) is 20.0. The summed E-state index contributed by atoms with van der Waals surface area (Å²) in [5.74, 6) is -1.33. The minimum absolute atomic E-state index is 0.0476. The summed E-state index contributed by atoms with van der Waals surface area (Å²) in [5, 5.41) is 12.8. The standard InChI is InChI=1S/C31H28Cl2N2O6S/c1-3-4-5-20-6-14-25(15-7-20)42(39,40)35(2)22-9-11-23(12-10-22)41-24-13-17-29(27(19-24)31(37)38)34-30(36)26-16-8-21(32)18-28(26)33/h6-19H,3-5H2,1-2H3,(H,34,36)(H,37,38). The average Bonchev–Trinajstić information content (AvgIpc) is 2.97. The molecule has 4 rings (SSSR count). The molecule has 11 heteroatoms. The molecule has 218 valence electrons. The van der Waals surface area contributed by atoms with Crippen molar-refractivity contribution in [3.05, 3.63) is 112 Å². The van der Waals surface area contributed by atoms with E-state index in [0.717, 1.165) is 24.8 Å². The van der Waals surface area contributed by atoms with E-state index in [1.54, 1.807) is 36.4 Å². The molecule has 0 saturated heterocycles. The van der Waals surface area contributed by atoms with Gasteiger partial charge < -0.3 is 15.2 Å². The van der Waals surface area contributed by atoms with Crippen LogP contribution in [-0.2, 0) is 16.4 Å². The van der Waals surface area contributed by atoms with Gasteiger partial charge in [-0.15, -0.1) is 0 Å². The van der Waals surface area contributed by atoms with E-state index in [0.29, 0.717) is 16.5 Å². The molecule has 0 aliphatic carbocycles. The quantitative estimate of drug-likeness (QED) is 0.175. The second-order valence-corrected chi connectivity index (χ2v) is 12.2. The van der Waals surface area contributed by atoms with Gasteiger partial charge in [-0.05, 0) is 91.2 Å². The van der Waals surface area contributed by atoms with Gasteiger partial charge in [0.25, 0.3) is 15.9 Å². The lowest BCUT2D eigenvalue weighted by atomic mass is 10.1. The number of halogens is 2. The van der Waals surface area contributed by atoms with Gasteiger partial charge in [0.1, 0.15) is 11.5 Å². The molecule has 4 aromatic rings. The van der Waals surface area contributed by atoms with Crippen LogP contribution in [0.1, 0.15) is 46.0 Å². The van der Waals surface area contributed by atoms with Crippen LogP contribution in [0.4, 0.5) is 11.4 Å². The van der Waals surface area contributed by atoms with Gasteiger partial charge in [-0.1, -0.05) is 48.7 Å². The summed E-state index contributed by atoms with van der Waals surface area (Å²) in [7, 11) is -2.31. The Kier molecular flexibility index (Phi) is 9.78. The molecule has 0 aromatic heterocycles. The Bertz CT molecular complexity index is 1710. The summed E-state index contributed by atoms with van der Waals surface area (Å²) in [6.07, 6.45) is 3.00. The number of rotatable bonds is 11. The molecule has 0 aliphatic rings. The number of anilines is 2. The van der Waals surface area contributed by atoms with Crippen LogP contribution < -0.4 is 14.4 Å². The molecule has 42 heavy (non-hydrogen) atoms. The van der Waals surface area contributed by atoms with Gasteiger partial charge in [-0.2, -0.15) is 0 Å². The van der Waals surface area contributed by atoms with Crippen molar-refractivity contribution in [1.29, 1.82) is 0 Å². The second kappa shape index (κ2) is 13.3. The number of carboxylic acid groups (broad SMARTS) is 1. The minimum Gasteiger partial charge on any atom is -0.478 e. The molecule has 0 aliphatic heterocycles. The third-order valence-electron chi connectivity index (χ3n) is 6.48. The number of nitrogens with one attached hydrogen (secondary N) is 1. The number of sulfonamides is 1. The maximum atomic E-state index is 13.2. The smallest absolute Gasteiger partial charge is 0.337 e. The third-order valence-corrected chi connectivity index (χ3v) is 8.83. The van der Waals surface area contributed by atoms with Crippen LogP contribution in [0.25, 0.3) is 0 Å². The molecule has 0 unspecified atom stereocenters. The van der Waals surface area contributed by atoms with E-state index < -0.39 is 21.9 Å². The van der Waals surface area contributed by atoms with Crippen LogP contribution in [0.15, 0.2) is 89.8 Å². The monoisotopic (exact) mass is 626 g/mol. The lowest BCUT2D eigenvalue weighted by Crippen LogP contribution is -2.26. The Morgan fingerprint density at radius 2 is 1.55 bits per heavy atom. The topological polar surface area (TPSA) is 113 Å². The molecule has 0 radical (unpaired) electrons. The highest BCUT2D eigenvalue weighted by molar-refractivity contribution is 7.92. The lowest BCUT2D eigenvalue weighted by molar-refractivity contribution is 0.0697. The van der Waals surface area contributed by atoms with E-state index in [1.165, 1.54) is 47.8 Å². The van der Waals surface area contributed by atoms with Gasteiger partial charge in [-0.25, -0.2) is 13.2 Å². The normalized spacial score (nSPS) is 11.1. The van der Waals surface area contributed by atoms with Crippen LogP contribution in [-0.4, -0.2) is 32.4 Å². The molecule has 8 nitrogen and oxygen atoms in total. The molecule has 2 N–H and O–H groups in total. The average molecular weight is 628 g/mol. The number of carbonyl (C=O) groups excluding carboxylic acids is 1. The van der Waals surface area contributed by atoms with E-state index in [1.807, 2.05) is 12.1 Å². The van der Waals surface area contributed by atoms with Crippen LogP contribution in [0.5, 0.6) is 11.5 Å². The third kappa shape index (κ3) is 7.23. The van der Waals surface area contributed by atoms with Gasteiger partial charge in [0.15, 0.2) is 0 Å². The summed E-state index contributed by atoms with van der Waals surface area (Å²) in [6, 6.07) is 21.8. The van der Waals surface area contributed by atoms with E-state index >= 15 is 0 Å². The van der Waals surface area contributed by atoms with Gasteiger partial charge in [0.05, 0.1) is 32.4 Å². The van der Waals surface area contributed by atoms with Crippen molar-refractivity contribution in [3.8, 4) is 11.5 Å². The Labute approximate surface area is 254 Å². The Hall–Kier alpha value is -4.05. The molecule has 0 heterocycles. The highest BCUT2D eigenvalue weighted by atomic mass is 35.5. The zero-order valence-corrected chi connectivity index (χ0v) is 25.1. The lowest BCUT2D eigenvalue weighted by Gasteiger charge is -2.20. The van der Waals surface area contributed by atoms with Gasteiger partial charge in [0, 0.05) is 12.1 Å². The number of aromatic carboxylic acids is 1. The number of hydrogen-bond acceptors (Lipinski definition) is 5. The molecule has 4 aromatic carbocycles. The first kappa shape index (κ1) is 30.9. The number of unbranched alkanes of at least 4 members (excludes halogenated alkanes) is 1. The number of nitrogens with zero attached hydrogens (tertiary/aromatic N) is 1. The number of carbonyl (C=O) groups is 2. The highest BCUT2D eigenvalue weighted by Gasteiger charge is 2.22. The molecule has 0 atom stereocenters. The van der Waals surface area contributed by atoms with Gasteiger partial charge in [0.2, 0.25) is 0 Å². The van der Waals surface area contributed by atoms with E-state index in [4.69, 9.17) is 27.9 Å². The van der Waals surface area contributed by atoms with Crippen LogP contribution in [0, 0.1) is 0 Å². The fourth-order valence-corrected chi connectivity index (χ4v) is 5.79. The predicted molar refractivity (Wildman–Crippen MR) is 165 cm³/mol. The van der Waals surface area contributed by atoms with Crippen molar-refractivity contribution >= 4 is 56.5 Å². The summed E-state index contributed by atoms with van der Waals surface area (Å²) in [4.78, 5) is 24.8. The minimum atomic E-state index is -3.78. The highest BCUT2D eigenvalue weighted by Crippen LogP contribution is 2.30. The Morgan fingerprint density at radius 1 is 0.881 bits per heavy atom.